The van der Waals surface area contributed by atoms with Crippen LogP contribution in [0.4, 0.5) is 0 Å². The van der Waals surface area contributed by atoms with E-state index in [-0.39, 0.29) is 36.0 Å². The second-order valence-corrected chi connectivity index (χ2v) is 4.70. The predicted molar refractivity (Wildman–Crippen MR) is 57.5 cm³/mol. The molecule has 0 aromatic heterocycles. The quantitative estimate of drug-likeness (QED) is 0.671. The Bertz CT molecular complexity index is 315. The highest BCUT2D eigenvalue weighted by Crippen LogP contribution is 2.39. The van der Waals surface area contributed by atoms with Gasteiger partial charge >= 0.3 is 0 Å². The molecule has 2 amide bonds. The molecule has 0 radical (unpaired) electrons. The van der Waals surface area contributed by atoms with Crippen molar-refractivity contribution in [2.24, 2.45) is 11.8 Å². The van der Waals surface area contributed by atoms with Gasteiger partial charge in [0.25, 0.3) is 0 Å². The number of carbonyl (C=O) groups excluding carboxylic acids is 3. The molecule has 2 rings (SSSR count). The highest BCUT2D eigenvalue weighted by atomic mass is 16.2. The maximum Gasteiger partial charge on any atom is 0.233 e. The molecule has 1 saturated carbocycles. The average Bonchev–Trinajstić information content (AvgIpc) is 2.79. The molecule has 2 aliphatic rings. The highest BCUT2D eigenvalue weighted by Gasteiger charge is 2.49. The van der Waals surface area contributed by atoms with Crippen LogP contribution in [0.5, 0.6) is 0 Å². The molecule has 2 atom stereocenters. The van der Waals surface area contributed by atoms with Gasteiger partial charge in [0, 0.05) is 6.42 Å². The number of ketones is 1. The molecule has 4 nitrogen and oxygen atoms in total. The predicted octanol–water partition coefficient (Wildman–Crippen LogP) is 1.14. The first-order valence-electron chi connectivity index (χ1n) is 6.02. The molecular formula is C12H17NO3. The summed E-state index contributed by atoms with van der Waals surface area (Å²) in [6.07, 6.45) is 3.80. The normalized spacial score (nSPS) is 28.7. The van der Waals surface area contributed by atoms with E-state index in [4.69, 9.17) is 0 Å². The van der Waals surface area contributed by atoms with Gasteiger partial charge in [-0.2, -0.15) is 0 Å². The van der Waals surface area contributed by atoms with Crippen molar-refractivity contribution in [3.05, 3.63) is 0 Å². The fraction of sp³-hybridized carbons (Fsp3) is 0.750. The first kappa shape index (κ1) is 11.3. The Morgan fingerprint density at radius 1 is 1.25 bits per heavy atom. The minimum absolute atomic E-state index is 0.00148. The van der Waals surface area contributed by atoms with Gasteiger partial charge in [0.2, 0.25) is 11.8 Å². The van der Waals surface area contributed by atoms with E-state index in [1.807, 2.05) is 6.92 Å². The number of rotatable bonds is 4. The van der Waals surface area contributed by atoms with Crippen molar-refractivity contribution in [1.29, 1.82) is 0 Å². The molecule has 0 aromatic rings. The fourth-order valence-electron chi connectivity index (χ4n) is 2.75. The second-order valence-electron chi connectivity index (χ2n) is 4.70. The lowest BCUT2D eigenvalue weighted by molar-refractivity contribution is -0.143. The summed E-state index contributed by atoms with van der Waals surface area (Å²) in [4.78, 5) is 36.4. The van der Waals surface area contributed by atoms with Crippen LogP contribution in [0.2, 0.25) is 0 Å². The number of carbonyl (C=O) groups is 3. The molecule has 88 valence electrons. The van der Waals surface area contributed by atoms with E-state index in [9.17, 15) is 14.4 Å². The molecule has 1 aliphatic carbocycles. The van der Waals surface area contributed by atoms with E-state index >= 15 is 0 Å². The molecule has 4 heteroatoms. The molecule has 1 saturated heterocycles. The number of hydrogen-bond acceptors (Lipinski definition) is 3. The fourth-order valence-corrected chi connectivity index (χ4v) is 2.75. The Morgan fingerprint density at radius 2 is 1.81 bits per heavy atom. The van der Waals surface area contributed by atoms with Crippen LogP contribution in [0.1, 0.15) is 39.0 Å². The topological polar surface area (TPSA) is 54.5 Å². The van der Waals surface area contributed by atoms with Gasteiger partial charge in [0.15, 0.2) is 5.78 Å². The monoisotopic (exact) mass is 223 g/mol. The minimum atomic E-state index is -0.123. The van der Waals surface area contributed by atoms with Gasteiger partial charge in [0.05, 0.1) is 18.4 Å². The lowest BCUT2D eigenvalue weighted by Crippen LogP contribution is -2.36. The van der Waals surface area contributed by atoms with Crippen molar-refractivity contribution < 1.29 is 14.4 Å². The Balaban J connectivity index is 2.03. The molecular weight excluding hydrogens is 206 g/mol. The number of fused-ring (bicyclic) bond motifs is 1. The Morgan fingerprint density at radius 3 is 2.31 bits per heavy atom. The first-order chi connectivity index (χ1) is 7.65. The maximum absolute atomic E-state index is 11.9. The number of hydrogen-bond donors (Lipinski definition) is 0. The molecule has 16 heavy (non-hydrogen) atoms. The Hall–Kier alpha value is -1.19. The molecule has 1 aliphatic heterocycles. The highest BCUT2D eigenvalue weighted by molar-refractivity contribution is 6.07. The summed E-state index contributed by atoms with van der Waals surface area (Å²) in [5.41, 5.74) is 0. The van der Waals surface area contributed by atoms with Crippen LogP contribution in [0.15, 0.2) is 0 Å². The lowest BCUT2D eigenvalue weighted by Gasteiger charge is -2.14. The summed E-state index contributed by atoms with van der Waals surface area (Å²) >= 11 is 0. The molecule has 0 N–H and O–H groups in total. The zero-order valence-corrected chi connectivity index (χ0v) is 9.57. The van der Waals surface area contributed by atoms with Gasteiger partial charge < -0.3 is 0 Å². The molecule has 2 fully saturated rings. The largest absolute Gasteiger partial charge is 0.298 e. The standard InChI is InChI=1S/C12H17NO3/c1-2-4-8(14)7-13-11(15)9-5-3-6-10(9)12(13)16/h9-10H,2-7H2,1H3. The summed E-state index contributed by atoms with van der Waals surface area (Å²) < 4.78 is 0. The van der Waals surface area contributed by atoms with Crippen LogP contribution in [0.3, 0.4) is 0 Å². The zero-order valence-electron chi connectivity index (χ0n) is 9.57. The summed E-state index contributed by atoms with van der Waals surface area (Å²) in [5.74, 6) is -0.484. The van der Waals surface area contributed by atoms with E-state index in [0.29, 0.717) is 6.42 Å². The van der Waals surface area contributed by atoms with Gasteiger partial charge in [0.1, 0.15) is 0 Å². The van der Waals surface area contributed by atoms with Crippen LogP contribution in [-0.4, -0.2) is 29.0 Å². The molecule has 2 unspecified atom stereocenters. The van der Waals surface area contributed by atoms with Gasteiger partial charge in [-0.25, -0.2) is 0 Å². The second kappa shape index (κ2) is 4.36. The average molecular weight is 223 g/mol. The van der Waals surface area contributed by atoms with Crippen molar-refractivity contribution in [3.63, 3.8) is 0 Å². The van der Waals surface area contributed by atoms with Crippen LogP contribution in [-0.2, 0) is 14.4 Å². The van der Waals surface area contributed by atoms with Crippen LogP contribution in [0.25, 0.3) is 0 Å². The molecule has 0 bridgehead atoms. The van der Waals surface area contributed by atoms with Crippen LogP contribution >= 0.6 is 0 Å². The van der Waals surface area contributed by atoms with Gasteiger partial charge in [-0.1, -0.05) is 13.3 Å². The van der Waals surface area contributed by atoms with Gasteiger partial charge in [-0.15, -0.1) is 0 Å². The number of Topliss-reactive ketones (excluding diaryl/α,β-unsaturated/α-hetero) is 1. The summed E-state index contributed by atoms with van der Waals surface area (Å²) in [6, 6.07) is 0. The molecule has 0 aromatic carbocycles. The van der Waals surface area contributed by atoms with E-state index in [1.54, 1.807) is 0 Å². The number of amides is 2. The lowest BCUT2D eigenvalue weighted by atomic mass is 10.00. The van der Waals surface area contributed by atoms with Gasteiger partial charge in [-0.05, 0) is 19.3 Å². The minimum Gasteiger partial charge on any atom is -0.298 e. The van der Waals surface area contributed by atoms with Crippen LogP contribution < -0.4 is 0 Å². The SMILES string of the molecule is CCCC(=O)CN1C(=O)C2CCCC2C1=O. The third kappa shape index (κ3) is 1.77. The number of nitrogens with zero attached hydrogens (tertiary/aromatic N) is 1. The summed E-state index contributed by atoms with van der Waals surface area (Å²) in [7, 11) is 0. The van der Waals surface area contributed by atoms with E-state index in [1.165, 1.54) is 4.90 Å². The summed E-state index contributed by atoms with van der Waals surface area (Å²) in [6.45, 7) is 1.92. The van der Waals surface area contributed by atoms with Crippen molar-refractivity contribution in [2.45, 2.75) is 39.0 Å². The number of imide groups is 1. The smallest absolute Gasteiger partial charge is 0.233 e. The van der Waals surface area contributed by atoms with Gasteiger partial charge in [-0.3, -0.25) is 19.3 Å². The third-order valence-corrected chi connectivity index (χ3v) is 3.55. The third-order valence-electron chi connectivity index (χ3n) is 3.55. The van der Waals surface area contributed by atoms with E-state index < -0.39 is 0 Å². The molecule has 0 spiro atoms. The Kier molecular flexibility index (Phi) is 3.08. The summed E-state index contributed by atoms with van der Waals surface area (Å²) in [5, 5.41) is 0. The van der Waals surface area contributed by atoms with Crippen molar-refractivity contribution in [1.82, 2.24) is 4.90 Å². The first-order valence-corrected chi connectivity index (χ1v) is 6.02. The number of likely N-dealkylation sites (tertiary alicyclic amines) is 1. The maximum atomic E-state index is 11.9. The van der Waals surface area contributed by atoms with Crippen molar-refractivity contribution >= 4 is 17.6 Å². The Labute approximate surface area is 95.0 Å². The van der Waals surface area contributed by atoms with Crippen molar-refractivity contribution in [2.75, 3.05) is 6.54 Å². The molecule has 1 heterocycles. The van der Waals surface area contributed by atoms with E-state index in [2.05, 4.69) is 0 Å². The van der Waals surface area contributed by atoms with Crippen molar-refractivity contribution in [3.8, 4) is 0 Å². The van der Waals surface area contributed by atoms with Crippen LogP contribution in [0, 0.1) is 11.8 Å². The zero-order chi connectivity index (χ0) is 11.7. The van der Waals surface area contributed by atoms with E-state index in [0.717, 1.165) is 25.7 Å².